The fourth-order valence-corrected chi connectivity index (χ4v) is 5.03. The Bertz CT molecular complexity index is 1230. The average molecular weight is 514 g/mol. The molecule has 1 aromatic heterocycles. The van der Waals surface area contributed by atoms with Crippen LogP contribution in [0.25, 0.3) is 10.9 Å². The van der Waals surface area contributed by atoms with Gasteiger partial charge in [-0.1, -0.05) is 26.0 Å². The molecule has 2 heterocycles. The van der Waals surface area contributed by atoms with Crippen LogP contribution in [0.5, 0.6) is 0 Å². The third-order valence-electron chi connectivity index (χ3n) is 7.17. The molecule has 1 aliphatic rings. The van der Waals surface area contributed by atoms with Crippen molar-refractivity contribution in [3.8, 4) is 0 Å². The van der Waals surface area contributed by atoms with Gasteiger partial charge >= 0.3 is 0 Å². The maximum Gasteiger partial charge on any atom is 0.234 e. The molecule has 1 aliphatic heterocycles. The number of Topliss-reactive ketones (excluding diaryl/α,β-unsaturated/α-hetero) is 1. The van der Waals surface area contributed by atoms with E-state index < -0.39 is 17.7 Å². The zero-order valence-electron chi connectivity index (χ0n) is 20.7. The van der Waals surface area contributed by atoms with E-state index in [4.69, 9.17) is 5.73 Å². The summed E-state index contributed by atoms with van der Waals surface area (Å²) in [5, 5.41) is 10.5. The summed E-state index contributed by atoms with van der Waals surface area (Å²) in [6.45, 7) is 4.41. The number of likely N-dealkylation sites (tertiary alicyclic amines) is 1. The number of carbonyl (C=O) groups is 2. The summed E-state index contributed by atoms with van der Waals surface area (Å²) in [5.74, 6) is -1.93. The van der Waals surface area contributed by atoms with E-state index in [0.29, 0.717) is 17.8 Å². The van der Waals surface area contributed by atoms with Gasteiger partial charge in [0.05, 0.1) is 18.1 Å². The number of hydrogen-bond donors (Lipinski definition) is 3. The molecular formula is C28H37F2N5O2. The molecule has 3 aromatic rings. The van der Waals surface area contributed by atoms with Crippen molar-refractivity contribution in [1.29, 1.82) is 0 Å². The first-order valence-electron chi connectivity index (χ1n) is 12.5. The van der Waals surface area contributed by atoms with Gasteiger partial charge in [-0.3, -0.25) is 19.6 Å². The van der Waals surface area contributed by atoms with Crippen LogP contribution in [0.3, 0.4) is 0 Å². The number of anilines is 1. The maximum atomic E-state index is 13.8. The molecule has 0 spiro atoms. The number of benzene rings is 2. The molecule has 0 bridgehead atoms. The van der Waals surface area contributed by atoms with Gasteiger partial charge in [0.25, 0.3) is 0 Å². The van der Waals surface area contributed by atoms with Gasteiger partial charge in [0.1, 0.15) is 0 Å². The molecule has 9 heteroatoms. The third kappa shape index (κ3) is 6.91. The van der Waals surface area contributed by atoms with Gasteiger partial charge in [0.2, 0.25) is 5.91 Å². The lowest BCUT2D eigenvalue weighted by atomic mass is 9.96. The van der Waals surface area contributed by atoms with Crippen molar-refractivity contribution in [2.75, 3.05) is 12.3 Å². The average Bonchev–Trinajstić information content (AvgIpc) is 3.22. The lowest BCUT2D eigenvalue weighted by molar-refractivity contribution is -0.129. The Kier molecular flexibility index (Phi) is 9.37. The number of nitrogens with two attached hydrogens (primary N) is 1. The van der Waals surface area contributed by atoms with Crippen molar-refractivity contribution >= 4 is 28.4 Å². The number of piperidine rings is 1. The number of carbonyl (C=O) groups excluding carboxylic acids is 2. The first-order chi connectivity index (χ1) is 17.2. The number of hydrogen-bond acceptors (Lipinski definition) is 5. The van der Waals surface area contributed by atoms with Crippen LogP contribution in [0.15, 0.2) is 36.4 Å². The zero-order valence-corrected chi connectivity index (χ0v) is 20.7. The summed E-state index contributed by atoms with van der Waals surface area (Å²) < 4.78 is 27.2. The minimum Gasteiger partial charge on any atom is -0.382 e. The Balaban J connectivity index is 0.00000380. The van der Waals surface area contributed by atoms with Crippen molar-refractivity contribution in [2.45, 2.75) is 77.9 Å². The highest BCUT2D eigenvalue weighted by molar-refractivity contribution is 5.91. The molecule has 4 N–H and O–H groups in total. The molecule has 37 heavy (non-hydrogen) atoms. The van der Waals surface area contributed by atoms with Crippen LogP contribution < -0.4 is 11.1 Å². The van der Waals surface area contributed by atoms with Crippen LogP contribution >= 0.6 is 0 Å². The number of ketones is 1. The van der Waals surface area contributed by atoms with Crippen molar-refractivity contribution in [2.24, 2.45) is 0 Å². The molecule has 1 amide bonds. The summed E-state index contributed by atoms with van der Waals surface area (Å²) >= 11 is 0. The van der Waals surface area contributed by atoms with E-state index in [0.717, 1.165) is 47.9 Å². The first kappa shape index (κ1) is 28.2. The van der Waals surface area contributed by atoms with Crippen LogP contribution in [0, 0.1) is 11.6 Å². The number of fused-ring (bicyclic) bond motifs is 1. The summed E-state index contributed by atoms with van der Waals surface area (Å²) in [7, 11) is 0. The highest BCUT2D eigenvalue weighted by atomic mass is 19.2. The number of nitrogen functional groups attached to an aromatic ring is 1. The molecule has 3 atom stereocenters. The largest absolute Gasteiger partial charge is 0.382 e. The van der Waals surface area contributed by atoms with E-state index in [1.54, 1.807) is 0 Å². The second-order valence-electron chi connectivity index (χ2n) is 9.83. The summed E-state index contributed by atoms with van der Waals surface area (Å²) in [6.07, 6.45) is 3.91. The fraction of sp³-hybridized carbons (Fsp3) is 0.464. The molecule has 200 valence electrons. The number of aromatic nitrogens is 2. The smallest absolute Gasteiger partial charge is 0.234 e. The van der Waals surface area contributed by atoms with Gasteiger partial charge in [-0.05, 0) is 74.9 Å². The normalized spacial score (nSPS) is 18.8. The lowest BCUT2D eigenvalue weighted by Gasteiger charge is -2.38. The van der Waals surface area contributed by atoms with Crippen LogP contribution in [0.4, 0.5) is 14.6 Å². The van der Waals surface area contributed by atoms with E-state index in [9.17, 15) is 18.4 Å². The number of nitrogens with one attached hydrogen (secondary N) is 2. The van der Waals surface area contributed by atoms with Crippen molar-refractivity contribution in [1.82, 2.24) is 20.4 Å². The molecule has 7 nitrogen and oxygen atoms in total. The van der Waals surface area contributed by atoms with Gasteiger partial charge in [-0.15, -0.1) is 0 Å². The quantitative estimate of drug-likeness (QED) is 0.389. The van der Waals surface area contributed by atoms with Crippen LogP contribution in [-0.4, -0.2) is 51.5 Å². The monoisotopic (exact) mass is 513 g/mol. The summed E-state index contributed by atoms with van der Waals surface area (Å²) in [5.41, 5.74) is 7.98. The second-order valence-corrected chi connectivity index (χ2v) is 9.83. The predicted octanol–water partition coefficient (Wildman–Crippen LogP) is 4.55. The number of nitrogens with zero attached hydrogens (tertiary/aromatic N) is 2. The molecule has 0 unspecified atom stereocenters. The Hall–Kier alpha value is -3.33. The minimum atomic E-state index is -0.979. The van der Waals surface area contributed by atoms with Crippen LogP contribution in [-0.2, 0) is 22.4 Å². The van der Waals surface area contributed by atoms with E-state index in [-0.39, 0.29) is 50.6 Å². The van der Waals surface area contributed by atoms with E-state index >= 15 is 0 Å². The molecule has 1 saturated heterocycles. The number of H-pyrrole nitrogens is 1. The van der Waals surface area contributed by atoms with E-state index in [1.165, 1.54) is 6.07 Å². The van der Waals surface area contributed by atoms with Crippen molar-refractivity contribution in [3.63, 3.8) is 0 Å². The van der Waals surface area contributed by atoms with Gasteiger partial charge in [-0.2, -0.15) is 5.10 Å². The first-order valence-corrected chi connectivity index (χ1v) is 12.5. The maximum absolute atomic E-state index is 13.8. The van der Waals surface area contributed by atoms with Crippen LogP contribution in [0.1, 0.15) is 58.1 Å². The fourth-order valence-electron chi connectivity index (χ4n) is 5.03. The third-order valence-corrected chi connectivity index (χ3v) is 7.17. The summed E-state index contributed by atoms with van der Waals surface area (Å²) in [4.78, 5) is 28.4. The minimum absolute atomic E-state index is 0. The highest BCUT2D eigenvalue weighted by Crippen LogP contribution is 2.22. The van der Waals surface area contributed by atoms with Crippen LogP contribution in [0.2, 0.25) is 0 Å². The molecule has 0 aliphatic carbocycles. The predicted molar refractivity (Wildman–Crippen MR) is 142 cm³/mol. The van der Waals surface area contributed by atoms with Gasteiger partial charge in [-0.25, -0.2) is 8.78 Å². The van der Waals surface area contributed by atoms with Crippen molar-refractivity contribution in [3.05, 3.63) is 59.2 Å². The van der Waals surface area contributed by atoms with E-state index in [1.807, 2.05) is 18.2 Å². The van der Waals surface area contributed by atoms with Gasteiger partial charge in [0, 0.05) is 23.9 Å². The van der Waals surface area contributed by atoms with Gasteiger partial charge in [0.15, 0.2) is 23.2 Å². The van der Waals surface area contributed by atoms with Gasteiger partial charge < -0.3 is 11.1 Å². The highest BCUT2D eigenvalue weighted by Gasteiger charge is 2.28. The Morgan fingerprint density at radius 3 is 2.51 bits per heavy atom. The zero-order chi connectivity index (χ0) is 25.8. The molecule has 2 aromatic carbocycles. The summed E-state index contributed by atoms with van der Waals surface area (Å²) in [6, 6.07) is 8.93. The number of rotatable bonds is 9. The Labute approximate surface area is 216 Å². The van der Waals surface area contributed by atoms with Crippen molar-refractivity contribution < 1.29 is 18.4 Å². The standard InChI is InChI=1S/C27H33F2N5O2.CH4/c1-16-4-3-5-17(2)34(16)15-26(36)31-24(14-19-7-10-21(28)22(29)12-19)25(35)11-8-18-6-9-20-23(13-18)32-33-27(20)30;/h6-7,9-10,12-13,16-17,24H,3-5,8,11,14-15H2,1-2H3,(H,31,36)(H3,30,32,33);1H4/t16-,17+,24-;/m0./s1. The molecule has 1 fully saturated rings. The molecule has 0 radical (unpaired) electrons. The molecule has 4 rings (SSSR count). The molecular weight excluding hydrogens is 476 g/mol. The molecule has 0 saturated carbocycles. The number of aromatic amines is 1. The Morgan fingerprint density at radius 2 is 1.81 bits per heavy atom. The number of aryl methyl sites for hydroxylation is 1. The number of amides is 1. The SMILES string of the molecule is C.C[C@@H]1CCC[C@H](C)N1CC(=O)N[C@@H](Cc1ccc(F)c(F)c1)C(=O)CCc1ccc2c(N)n[nH]c2c1. The Morgan fingerprint density at radius 1 is 1.11 bits per heavy atom. The topological polar surface area (TPSA) is 104 Å². The van der Waals surface area contributed by atoms with E-state index in [2.05, 4.69) is 34.3 Å². The lowest BCUT2D eigenvalue weighted by Crippen LogP contribution is -2.51. The second kappa shape index (κ2) is 12.3. The number of halogens is 2.